The number of halogens is 1. The van der Waals surface area contributed by atoms with Gasteiger partial charge in [0.15, 0.2) is 0 Å². The molecule has 0 amide bonds. The van der Waals surface area contributed by atoms with Crippen LogP contribution in [0.1, 0.15) is 0 Å². The van der Waals surface area contributed by atoms with E-state index in [4.69, 9.17) is 21.6 Å². The number of hydrogen-bond donors (Lipinski definition) is 2. The Bertz CT molecular complexity index is 5760. The summed E-state index contributed by atoms with van der Waals surface area (Å²) in [6, 6.07) is 97.5. The number of hydrogen-bond acceptors (Lipinski definition) is 8. The van der Waals surface area contributed by atoms with Gasteiger partial charge in [-0.3, -0.25) is 0 Å². The van der Waals surface area contributed by atoms with E-state index in [1.165, 1.54) is 101 Å². The van der Waals surface area contributed by atoms with Crippen molar-refractivity contribution < 1.29 is 10.0 Å². The zero-order chi connectivity index (χ0) is 60.2. The van der Waals surface area contributed by atoms with Crippen LogP contribution in [0.25, 0.3) is 161 Å². The van der Waals surface area contributed by atoms with Gasteiger partial charge in [-0.15, -0.1) is 22.7 Å². The Morgan fingerprint density at radius 3 is 1.16 bits per heavy atom. The number of nitrogens with zero attached hydrogens (tertiary/aromatic N) is 4. The van der Waals surface area contributed by atoms with E-state index in [0.29, 0.717) is 10.6 Å². The van der Waals surface area contributed by atoms with Gasteiger partial charge in [0.05, 0.1) is 16.7 Å². The first-order valence-electron chi connectivity index (χ1n) is 29.7. The van der Waals surface area contributed by atoms with Crippen LogP contribution in [0.4, 0.5) is 0 Å². The highest BCUT2D eigenvalue weighted by atomic mass is 35.5. The number of benzene rings is 14. The molecule has 2 N–H and O–H groups in total. The van der Waals surface area contributed by atoms with E-state index >= 15 is 0 Å². The number of fused-ring (bicyclic) bond motifs is 18. The molecular weight excluding hydrogens is 1160 g/mol. The molecule has 14 aromatic carbocycles. The van der Waals surface area contributed by atoms with Gasteiger partial charge in [0, 0.05) is 67.5 Å². The van der Waals surface area contributed by atoms with E-state index in [1.807, 2.05) is 65.1 Å². The molecule has 0 bridgehead atoms. The van der Waals surface area contributed by atoms with E-state index in [9.17, 15) is 10.0 Å². The van der Waals surface area contributed by atoms with Crippen molar-refractivity contribution in [2.24, 2.45) is 0 Å². The third kappa shape index (κ3) is 9.77. The summed E-state index contributed by atoms with van der Waals surface area (Å²) in [6.45, 7) is 0. The second-order valence-electron chi connectivity index (χ2n) is 22.3. The van der Waals surface area contributed by atoms with Crippen LogP contribution in [0.5, 0.6) is 0 Å². The third-order valence-electron chi connectivity index (χ3n) is 17.1. The van der Waals surface area contributed by atoms with Crippen LogP contribution >= 0.6 is 34.3 Å². The lowest BCUT2D eigenvalue weighted by Crippen LogP contribution is -2.29. The van der Waals surface area contributed by atoms with Crippen molar-refractivity contribution in [1.82, 2.24) is 19.9 Å². The summed E-state index contributed by atoms with van der Waals surface area (Å²) in [5, 5.41) is 36.1. The van der Waals surface area contributed by atoms with Gasteiger partial charge in [0.25, 0.3) is 0 Å². The van der Waals surface area contributed by atoms with Gasteiger partial charge in [-0.05, 0) is 113 Å². The molecule has 424 valence electrons. The van der Waals surface area contributed by atoms with Crippen LogP contribution in [-0.4, -0.2) is 37.1 Å². The van der Waals surface area contributed by atoms with Crippen LogP contribution < -0.4 is 5.46 Å². The molecule has 0 aliphatic carbocycles. The second-order valence-corrected chi connectivity index (χ2v) is 24.8. The fourth-order valence-electron chi connectivity index (χ4n) is 13.0. The van der Waals surface area contributed by atoms with Gasteiger partial charge in [-0.1, -0.05) is 260 Å². The minimum atomic E-state index is -1.46. The van der Waals surface area contributed by atoms with Crippen molar-refractivity contribution in [3.8, 4) is 55.8 Å². The molecule has 4 aromatic heterocycles. The first kappa shape index (κ1) is 54.9. The fourth-order valence-corrected chi connectivity index (χ4v) is 15.7. The topological polar surface area (TPSA) is 92.0 Å². The Labute approximate surface area is 531 Å². The highest BCUT2D eigenvalue weighted by Crippen LogP contribution is 2.44. The lowest BCUT2D eigenvalue weighted by atomic mass is 9.79. The molecule has 0 aliphatic heterocycles. The first-order chi connectivity index (χ1) is 44.4. The molecule has 0 fully saturated rings. The summed E-state index contributed by atoms with van der Waals surface area (Å²) in [5.41, 5.74) is 13.7. The summed E-state index contributed by atoms with van der Waals surface area (Å²) in [7, 11) is -1.46. The Kier molecular flexibility index (Phi) is 14.2. The lowest BCUT2D eigenvalue weighted by Gasteiger charge is -2.13. The van der Waals surface area contributed by atoms with Crippen molar-refractivity contribution in [2.75, 3.05) is 0 Å². The van der Waals surface area contributed by atoms with Crippen LogP contribution in [0.15, 0.2) is 292 Å². The highest BCUT2D eigenvalue weighted by Gasteiger charge is 2.19. The van der Waals surface area contributed by atoms with Crippen molar-refractivity contribution in [2.45, 2.75) is 0 Å². The minimum absolute atomic E-state index is 0.495. The molecule has 10 heteroatoms. The maximum Gasteiger partial charge on any atom is 0.488 e. The average Bonchev–Trinajstić information content (AvgIpc) is 1.22. The number of aromatic nitrogens is 4. The van der Waals surface area contributed by atoms with Gasteiger partial charge in [0.2, 0.25) is 0 Å². The van der Waals surface area contributed by atoms with Gasteiger partial charge in [-0.25, -0.2) is 19.9 Å². The SMILES string of the molecule is Clc1ncnc2c3ccccc3c3ccccc3c12.OB(O)c1cccc(-c2cccc(-c3cccc4c3sc3ccccc34)c2)c1.c1cc(-c2cccc(-c3ncnc4c5ccccc5c5ccccc5c34)c2)cc(-c2cccc3c2sc2ccccc23)c1. The summed E-state index contributed by atoms with van der Waals surface area (Å²) in [4.78, 5) is 18.2. The maximum absolute atomic E-state index is 9.47. The summed E-state index contributed by atoms with van der Waals surface area (Å²) in [6.07, 6.45) is 3.23. The van der Waals surface area contributed by atoms with Crippen LogP contribution in [0, 0.1) is 0 Å². The van der Waals surface area contributed by atoms with E-state index in [1.54, 1.807) is 12.4 Å². The van der Waals surface area contributed by atoms with Crippen molar-refractivity contribution in [1.29, 1.82) is 0 Å². The third-order valence-corrected chi connectivity index (χ3v) is 19.9. The first-order valence-corrected chi connectivity index (χ1v) is 31.7. The van der Waals surface area contributed by atoms with Crippen molar-refractivity contribution in [3.05, 3.63) is 297 Å². The Morgan fingerprint density at radius 1 is 0.289 bits per heavy atom. The largest absolute Gasteiger partial charge is 0.488 e. The molecule has 0 aliphatic rings. The predicted octanol–water partition coefficient (Wildman–Crippen LogP) is 21.0. The highest BCUT2D eigenvalue weighted by molar-refractivity contribution is 7.26. The molecule has 6 nitrogen and oxygen atoms in total. The molecular formula is C80H50BClN4O2S2. The number of rotatable bonds is 6. The summed E-state index contributed by atoms with van der Waals surface area (Å²) >= 11 is 9.98. The van der Waals surface area contributed by atoms with Gasteiger partial charge < -0.3 is 10.0 Å². The van der Waals surface area contributed by atoms with Crippen LogP contribution in [-0.2, 0) is 0 Å². The van der Waals surface area contributed by atoms with Gasteiger partial charge in [-0.2, -0.15) is 0 Å². The smallest absolute Gasteiger partial charge is 0.423 e. The van der Waals surface area contributed by atoms with E-state index in [2.05, 4.69) is 240 Å². The molecule has 90 heavy (non-hydrogen) atoms. The molecule has 0 saturated heterocycles. The van der Waals surface area contributed by atoms with E-state index in [-0.39, 0.29) is 0 Å². The Balaban J connectivity index is 0.000000118. The van der Waals surface area contributed by atoms with Crippen LogP contribution in [0.2, 0.25) is 5.15 Å². The zero-order valence-corrected chi connectivity index (χ0v) is 50.6. The molecule has 18 aromatic rings. The summed E-state index contributed by atoms with van der Waals surface area (Å²) < 4.78 is 5.25. The van der Waals surface area contributed by atoms with E-state index in [0.717, 1.165) is 65.9 Å². The molecule has 0 saturated carbocycles. The average molecular weight is 1210 g/mol. The molecule has 4 heterocycles. The standard InChI is InChI=1S/C40H24N2S.C24H17BO2S.C16H9ClN2/c1-3-17-33-30(14-1)31-15-2-4-18-34(31)39-37(33)38(41-24-42-39)28-13-8-11-26(23-28)25-10-7-12-27(22-25)29-19-9-20-35-32-16-5-6-21-36(32)43-40(29)35;26-25(27)19-9-4-7-17(15-19)16-6-3-8-18(14-16)20-11-5-12-22-21-10-1-2-13-23(21)28-24(20)22;17-16-14-12-7-3-1-5-10(12)11-6-2-4-8-13(11)15(14)18-9-19-16/h1-24H;1-15,26-27H;1-9H. The fraction of sp³-hybridized carbons (Fsp3) is 0. The molecule has 18 rings (SSSR count). The molecule has 0 spiro atoms. The van der Waals surface area contributed by atoms with Crippen molar-refractivity contribution in [3.63, 3.8) is 0 Å². The lowest BCUT2D eigenvalue weighted by molar-refractivity contribution is 0.426. The van der Waals surface area contributed by atoms with Gasteiger partial charge in [0.1, 0.15) is 17.8 Å². The molecule has 0 atom stereocenters. The Morgan fingerprint density at radius 2 is 0.644 bits per heavy atom. The number of thiophene rings is 2. The molecule has 0 unspecified atom stereocenters. The predicted molar refractivity (Wildman–Crippen MR) is 383 cm³/mol. The quantitative estimate of drug-likeness (QED) is 0.0979. The normalized spacial score (nSPS) is 11.5. The van der Waals surface area contributed by atoms with Crippen molar-refractivity contribution >= 4 is 152 Å². The monoisotopic (exact) mass is 1210 g/mol. The summed E-state index contributed by atoms with van der Waals surface area (Å²) in [5.74, 6) is 0. The minimum Gasteiger partial charge on any atom is -0.423 e. The van der Waals surface area contributed by atoms with E-state index < -0.39 is 7.12 Å². The second kappa shape index (κ2) is 23.2. The molecule has 0 radical (unpaired) electrons. The maximum atomic E-state index is 9.47. The van der Waals surface area contributed by atoms with Gasteiger partial charge >= 0.3 is 7.12 Å². The Hall–Kier alpha value is -10.5. The van der Waals surface area contributed by atoms with Crippen LogP contribution in [0.3, 0.4) is 0 Å². The zero-order valence-electron chi connectivity index (χ0n) is 48.2.